The fourth-order valence-electron chi connectivity index (χ4n) is 2.89. The van der Waals surface area contributed by atoms with Crippen molar-refractivity contribution in [3.63, 3.8) is 0 Å². The zero-order valence-corrected chi connectivity index (χ0v) is 18.3. The average molecular weight is 478 g/mol. The molecule has 1 aliphatic rings. The Balaban J connectivity index is 0.00000338. The summed E-state index contributed by atoms with van der Waals surface area (Å²) in [6.07, 6.45) is 2.86. The van der Waals surface area contributed by atoms with Crippen molar-refractivity contribution >= 4 is 29.9 Å². The van der Waals surface area contributed by atoms with E-state index in [2.05, 4.69) is 20.2 Å². The van der Waals surface area contributed by atoms with Gasteiger partial charge in [0.05, 0.1) is 26.4 Å². The Hall–Kier alpha value is -1.13. The molecule has 1 aromatic heterocycles. The topological polar surface area (TPSA) is 68.2 Å². The normalized spacial score (nSPS) is 17.1. The molecule has 1 aliphatic heterocycles. The van der Waals surface area contributed by atoms with Gasteiger partial charge in [-0.05, 0) is 19.4 Å². The summed E-state index contributed by atoms with van der Waals surface area (Å²) in [7, 11) is 3.51. The van der Waals surface area contributed by atoms with E-state index in [1.807, 2.05) is 26.1 Å². The lowest BCUT2D eigenvalue weighted by molar-refractivity contribution is 0.0536. The van der Waals surface area contributed by atoms with Gasteiger partial charge in [0.2, 0.25) is 5.88 Å². The first-order chi connectivity index (χ1) is 12.3. The van der Waals surface area contributed by atoms with Gasteiger partial charge in [-0.15, -0.1) is 24.0 Å². The van der Waals surface area contributed by atoms with Gasteiger partial charge in [-0.25, -0.2) is 4.98 Å². The van der Waals surface area contributed by atoms with E-state index in [1.165, 1.54) is 0 Å². The minimum absolute atomic E-state index is 0. The van der Waals surface area contributed by atoms with E-state index >= 15 is 0 Å². The van der Waals surface area contributed by atoms with E-state index in [4.69, 9.17) is 14.2 Å². The zero-order valence-electron chi connectivity index (χ0n) is 15.9. The number of halogens is 1. The Morgan fingerprint density at radius 3 is 3.00 bits per heavy atom. The number of rotatable bonds is 9. The molecule has 0 bridgehead atoms. The van der Waals surface area contributed by atoms with Crippen LogP contribution in [-0.4, -0.2) is 69.5 Å². The van der Waals surface area contributed by atoms with Crippen LogP contribution in [0.4, 0.5) is 0 Å². The van der Waals surface area contributed by atoms with Crippen LogP contribution in [0, 0.1) is 5.92 Å². The molecule has 0 aliphatic carbocycles. The maximum Gasteiger partial charge on any atom is 0.218 e. The Labute approximate surface area is 173 Å². The molecule has 1 unspecified atom stereocenters. The van der Waals surface area contributed by atoms with Gasteiger partial charge in [0.15, 0.2) is 5.96 Å². The molecule has 0 amide bonds. The van der Waals surface area contributed by atoms with E-state index in [-0.39, 0.29) is 24.0 Å². The quantitative estimate of drug-likeness (QED) is 0.254. The maximum absolute atomic E-state index is 5.65. The number of nitrogens with one attached hydrogen (secondary N) is 1. The Bertz CT molecular complexity index is 545. The molecule has 26 heavy (non-hydrogen) atoms. The van der Waals surface area contributed by atoms with Crippen molar-refractivity contribution in [1.29, 1.82) is 0 Å². The molecule has 0 radical (unpaired) electrons. The van der Waals surface area contributed by atoms with Crippen LogP contribution < -0.4 is 10.1 Å². The summed E-state index contributed by atoms with van der Waals surface area (Å²) in [6, 6.07) is 3.94. The number of aliphatic imine (C=N–C) groups is 1. The number of nitrogens with zero attached hydrogens (tertiary/aromatic N) is 3. The monoisotopic (exact) mass is 478 g/mol. The minimum atomic E-state index is 0. The molecule has 1 N–H and O–H groups in total. The third-order valence-electron chi connectivity index (χ3n) is 4.15. The number of guanidine groups is 1. The number of hydrogen-bond acceptors (Lipinski definition) is 5. The predicted molar refractivity (Wildman–Crippen MR) is 113 cm³/mol. The lowest BCUT2D eigenvalue weighted by atomic mass is 10.1. The first-order valence-corrected chi connectivity index (χ1v) is 8.87. The fraction of sp³-hybridized carbons (Fsp3) is 0.667. The molecule has 1 aromatic rings. The number of aromatic nitrogens is 1. The van der Waals surface area contributed by atoms with Gasteiger partial charge >= 0.3 is 0 Å². The van der Waals surface area contributed by atoms with Crippen molar-refractivity contribution in [2.24, 2.45) is 10.9 Å². The summed E-state index contributed by atoms with van der Waals surface area (Å²) in [5, 5.41) is 3.42. The lowest BCUT2D eigenvalue weighted by Gasteiger charge is -2.22. The Morgan fingerprint density at radius 2 is 2.27 bits per heavy atom. The first kappa shape index (κ1) is 22.9. The highest BCUT2D eigenvalue weighted by Gasteiger charge is 2.25. The minimum Gasteiger partial charge on any atom is -0.478 e. The molecule has 2 heterocycles. The zero-order chi connectivity index (χ0) is 17.9. The van der Waals surface area contributed by atoms with Gasteiger partial charge in [-0.1, -0.05) is 6.07 Å². The molecular weight excluding hydrogens is 447 g/mol. The third kappa shape index (κ3) is 7.24. The second kappa shape index (κ2) is 13.1. The van der Waals surface area contributed by atoms with Crippen LogP contribution in [0.25, 0.3) is 0 Å². The molecule has 0 saturated carbocycles. The highest BCUT2D eigenvalue weighted by molar-refractivity contribution is 14.0. The van der Waals surface area contributed by atoms with Crippen LogP contribution >= 0.6 is 24.0 Å². The van der Waals surface area contributed by atoms with Crippen molar-refractivity contribution in [2.45, 2.75) is 19.9 Å². The predicted octanol–water partition coefficient (Wildman–Crippen LogP) is 2.16. The van der Waals surface area contributed by atoms with E-state index in [1.54, 1.807) is 13.3 Å². The summed E-state index contributed by atoms with van der Waals surface area (Å²) >= 11 is 0. The second-order valence-corrected chi connectivity index (χ2v) is 5.97. The number of methoxy groups -OCH3 is 1. The lowest BCUT2D eigenvalue weighted by Crippen LogP contribution is -2.40. The van der Waals surface area contributed by atoms with E-state index in [9.17, 15) is 0 Å². The number of likely N-dealkylation sites (tertiary alicyclic amines) is 1. The molecule has 0 spiro atoms. The van der Waals surface area contributed by atoms with Crippen LogP contribution in [0.5, 0.6) is 5.88 Å². The summed E-state index contributed by atoms with van der Waals surface area (Å²) in [5.41, 5.74) is 1.03. The largest absolute Gasteiger partial charge is 0.478 e. The standard InChI is InChI=1S/C18H30N4O3.HI/c1-4-25-17-16(6-5-8-20-17)12-21-18(19-2)22-9-7-15(13-22)14-24-11-10-23-3;/h5-6,8,15H,4,7,9-14H2,1-3H3,(H,19,21);1H. The molecule has 148 valence electrons. The molecule has 1 fully saturated rings. The number of pyridine rings is 1. The Morgan fingerprint density at radius 1 is 1.42 bits per heavy atom. The van der Waals surface area contributed by atoms with Crippen molar-refractivity contribution in [3.8, 4) is 5.88 Å². The highest BCUT2D eigenvalue weighted by atomic mass is 127. The molecule has 2 rings (SSSR count). The molecule has 0 aromatic carbocycles. The van der Waals surface area contributed by atoms with Crippen LogP contribution in [0.1, 0.15) is 18.9 Å². The summed E-state index contributed by atoms with van der Waals surface area (Å²) in [4.78, 5) is 11.0. The maximum atomic E-state index is 5.65. The Kier molecular flexibility index (Phi) is 11.5. The van der Waals surface area contributed by atoms with Crippen molar-refractivity contribution in [3.05, 3.63) is 23.9 Å². The van der Waals surface area contributed by atoms with E-state index in [0.29, 0.717) is 38.2 Å². The molecular formula is C18H31IN4O3. The smallest absolute Gasteiger partial charge is 0.218 e. The molecule has 7 nitrogen and oxygen atoms in total. The molecule has 8 heteroatoms. The fourth-order valence-corrected chi connectivity index (χ4v) is 2.89. The van der Waals surface area contributed by atoms with Gasteiger partial charge in [0.1, 0.15) is 0 Å². The van der Waals surface area contributed by atoms with Crippen LogP contribution in [0.3, 0.4) is 0 Å². The molecule has 1 saturated heterocycles. The first-order valence-electron chi connectivity index (χ1n) is 8.87. The van der Waals surface area contributed by atoms with E-state index in [0.717, 1.165) is 37.6 Å². The highest BCUT2D eigenvalue weighted by Crippen LogP contribution is 2.18. The van der Waals surface area contributed by atoms with E-state index < -0.39 is 0 Å². The number of hydrogen-bond donors (Lipinski definition) is 1. The summed E-state index contributed by atoms with van der Waals surface area (Å²) < 4.78 is 16.2. The summed E-state index contributed by atoms with van der Waals surface area (Å²) in [5.74, 6) is 2.12. The van der Waals surface area contributed by atoms with Gasteiger partial charge in [0, 0.05) is 51.5 Å². The number of ether oxygens (including phenoxy) is 3. The third-order valence-corrected chi connectivity index (χ3v) is 4.15. The van der Waals surface area contributed by atoms with Crippen LogP contribution in [0.15, 0.2) is 23.3 Å². The van der Waals surface area contributed by atoms with Gasteiger partial charge in [0.25, 0.3) is 0 Å². The van der Waals surface area contributed by atoms with Gasteiger partial charge in [-0.2, -0.15) is 0 Å². The van der Waals surface area contributed by atoms with Crippen molar-refractivity contribution < 1.29 is 14.2 Å². The summed E-state index contributed by atoms with van der Waals surface area (Å²) in [6.45, 7) is 7.23. The SMILES string of the molecule is CCOc1ncccc1CNC(=NC)N1CCC(COCCOC)C1.I. The average Bonchev–Trinajstić information content (AvgIpc) is 3.10. The van der Waals surface area contributed by atoms with Crippen LogP contribution in [-0.2, 0) is 16.0 Å². The van der Waals surface area contributed by atoms with Crippen molar-refractivity contribution in [1.82, 2.24) is 15.2 Å². The van der Waals surface area contributed by atoms with Gasteiger partial charge in [-0.3, -0.25) is 4.99 Å². The molecule has 1 atom stereocenters. The van der Waals surface area contributed by atoms with Crippen molar-refractivity contribution in [2.75, 3.05) is 53.7 Å². The van der Waals surface area contributed by atoms with Gasteiger partial charge < -0.3 is 24.4 Å². The van der Waals surface area contributed by atoms with Crippen LogP contribution in [0.2, 0.25) is 0 Å². The second-order valence-electron chi connectivity index (χ2n) is 5.97.